The first-order chi connectivity index (χ1) is 26.1. The van der Waals surface area contributed by atoms with Crippen LogP contribution in [0.15, 0.2) is 110 Å². The maximum absolute atomic E-state index is 11.8. The molecule has 6 aromatic rings. The Labute approximate surface area is 315 Å². The van der Waals surface area contributed by atoms with Crippen LogP contribution >= 0.6 is 0 Å². The first-order valence-electron chi connectivity index (χ1n) is 17.4. The second-order valence-corrected chi connectivity index (χ2v) is 13.2. The number of hydrogen-bond acceptors (Lipinski definition) is 9. The monoisotopic (exact) mass is 724 g/mol. The van der Waals surface area contributed by atoms with Crippen LogP contribution in [-0.4, -0.2) is 83.0 Å². The molecule has 54 heavy (non-hydrogen) atoms. The number of aryl methyl sites for hydroxylation is 2. The van der Waals surface area contributed by atoms with Crippen molar-refractivity contribution in [2.24, 2.45) is 0 Å². The lowest BCUT2D eigenvalue weighted by Gasteiger charge is -2.17. The summed E-state index contributed by atoms with van der Waals surface area (Å²) >= 11 is 0. The number of likely N-dealkylation sites (N-methyl/N-ethyl adjacent to an activating group) is 2. The summed E-state index contributed by atoms with van der Waals surface area (Å²) in [6.45, 7) is 9.31. The fraction of sp³-hybridized carbons (Fsp3) is 0.244. The van der Waals surface area contributed by atoms with Gasteiger partial charge in [-0.25, -0.2) is 14.8 Å². The molecule has 2 aromatic carbocycles. The van der Waals surface area contributed by atoms with E-state index in [1.54, 1.807) is 37.0 Å². The molecular formula is C41H44N10O3. The van der Waals surface area contributed by atoms with Gasteiger partial charge in [0.25, 0.3) is 5.91 Å². The SMILES string of the molecule is Cc1ccc(CN(C)CCn2cnc(-c3cc(C(=O)NC#N)ccn3)c2)cc1.Cc1ccc(CN(C)CCn2cnc(-c3cc(C(=O)O)ccn3)c2)cc1. The Morgan fingerprint density at radius 2 is 1.13 bits per heavy atom. The number of rotatable bonds is 14. The molecule has 1 amide bonds. The Bertz CT molecular complexity index is 2190. The van der Waals surface area contributed by atoms with Crippen molar-refractivity contribution in [1.82, 2.24) is 44.2 Å². The number of aromatic nitrogens is 6. The van der Waals surface area contributed by atoms with Crippen molar-refractivity contribution in [3.8, 4) is 29.0 Å². The van der Waals surface area contributed by atoms with Crippen molar-refractivity contribution in [1.29, 1.82) is 5.26 Å². The summed E-state index contributed by atoms with van der Waals surface area (Å²) in [6.07, 6.45) is 12.0. The van der Waals surface area contributed by atoms with Gasteiger partial charge in [0.1, 0.15) is 11.4 Å². The largest absolute Gasteiger partial charge is 0.478 e. The van der Waals surface area contributed by atoms with Gasteiger partial charge in [-0.2, -0.15) is 5.26 Å². The molecule has 0 saturated carbocycles. The lowest BCUT2D eigenvalue weighted by molar-refractivity contribution is 0.0696. The number of hydrogen-bond donors (Lipinski definition) is 2. The van der Waals surface area contributed by atoms with Gasteiger partial charge in [0.05, 0.1) is 29.6 Å². The summed E-state index contributed by atoms with van der Waals surface area (Å²) in [7, 11) is 4.19. The zero-order chi connectivity index (χ0) is 38.5. The van der Waals surface area contributed by atoms with Gasteiger partial charge < -0.3 is 24.0 Å². The first-order valence-corrected chi connectivity index (χ1v) is 17.4. The molecule has 2 N–H and O–H groups in total. The molecule has 0 unspecified atom stereocenters. The third-order valence-corrected chi connectivity index (χ3v) is 8.62. The number of benzene rings is 2. The number of carboxylic acids is 1. The highest BCUT2D eigenvalue weighted by atomic mass is 16.4. The van der Waals surface area contributed by atoms with Crippen molar-refractivity contribution in [3.63, 3.8) is 0 Å². The zero-order valence-electron chi connectivity index (χ0n) is 30.9. The summed E-state index contributed by atoms with van der Waals surface area (Å²) in [5, 5.41) is 19.8. The molecule has 276 valence electrons. The molecule has 0 spiro atoms. The molecule has 0 radical (unpaired) electrons. The topological polar surface area (TPSA) is 158 Å². The van der Waals surface area contributed by atoms with Crippen LogP contribution in [0.25, 0.3) is 22.8 Å². The molecular weight excluding hydrogens is 681 g/mol. The minimum Gasteiger partial charge on any atom is -0.478 e. The third kappa shape index (κ3) is 11.5. The quantitative estimate of drug-likeness (QED) is 0.106. The molecule has 4 heterocycles. The van der Waals surface area contributed by atoms with Crippen LogP contribution in [0.1, 0.15) is 43.0 Å². The van der Waals surface area contributed by atoms with Crippen molar-refractivity contribution in [2.75, 3.05) is 27.2 Å². The predicted octanol–water partition coefficient (Wildman–Crippen LogP) is 5.68. The van der Waals surface area contributed by atoms with Gasteiger partial charge in [-0.15, -0.1) is 0 Å². The molecule has 4 aromatic heterocycles. The standard InChI is InChI=1S/C21H22N6O.C20H22N4O2/c1-16-3-5-17(6-4-16)12-26(2)9-10-27-13-20(25-15-27)19-11-18(7-8-23-19)21(28)24-14-22;1-15-3-5-16(6-4-15)12-23(2)9-10-24-13-19(22-14-24)18-11-17(20(25)26)7-8-21-18/h3-8,11,13,15H,9-10,12H2,1-2H3,(H,24,28);3-8,11,13-14H,9-10,12H2,1-2H3,(H,25,26). The van der Waals surface area contributed by atoms with E-state index < -0.39 is 11.9 Å². The Balaban J connectivity index is 0.000000208. The molecule has 13 heteroatoms. The van der Waals surface area contributed by atoms with Crippen LogP contribution in [-0.2, 0) is 26.2 Å². The molecule has 0 aliphatic rings. The van der Waals surface area contributed by atoms with Crippen molar-refractivity contribution in [3.05, 3.63) is 144 Å². The summed E-state index contributed by atoms with van der Waals surface area (Å²) < 4.78 is 4.00. The summed E-state index contributed by atoms with van der Waals surface area (Å²) in [5.74, 6) is -1.42. The number of carboxylic acid groups (broad SMARTS) is 1. The fourth-order valence-electron chi connectivity index (χ4n) is 5.51. The van der Waals surface area contributed by atoms with Crippen LogP contribution in [0, 0.1) is 25.3 Å². The van der Waals surface area contributed by atoms with Gasteiger partial charge in [-0.05, 0) is 63.3 Å². The van der Waals surface area contributed by atoms with Crippen molar-refractivity contribution in [2.45, 2.75) is 40.0 Å². The van der Waals surface area contributed by atoms with Gasteiger partial charge in [0.15, 0.2) is 6.19 Å². The molecule has 0 aliphatic carbocycles. The maximum Gasteiger partial charge on any atom is 0.335 e. The van der Waals surface area contributed by atoms with E-state index in [0.717, 1.165) is 39.3 Å². The van der Waals surface area contributed by atoms with E-state index in [2.05, 4.69) is 112 Å². The van der Waals surface area contributed by atoms with Gasteiger partial charge in [-0.1, -0.05) is 59.7 Å². The van der Waals surface area contributed by atoms with Crippen molar-refractivity contribution < 1.29 is 14.7 Å². The summed E-state index contributed by atoms with van der Waals surface area (Å²) in [5.41, 5.74) is 8.22. The lowest BCUT2D eigenvalue weighted by atomic mass is 10.1. The highest BCUT2D eigenvalue weighted by molar-refractivity contribution is 5.95. The van der Waals surface area contributed by atoms with Gasteiger partial charge >= 0.3 is 5.97 Å². The minimum atomic E-state index is -0.967. The number of aromatic carboxylic acids is 1. The van der Waals surface area contributed by atoms with Crippen molar-refractivity contribution >= 4 is 11.9 Å². The Morgan fingerprint density at radius 3 is 1.57 bits per heavy atom. The number of imidazole rings is 2. The fourth-order valence-corrected chi connectivity index (χ4v) is 5.51. The highest BCUT2D eigenvalue weighted by Gasteiger charge is 2.11. The van der Waals surface area contributed by atoms with Gasteiger partial charge in [-0.3, -0.25) is 20.1 Å². The summed E-state index contributed by atoms with van der Waals surface area (Å²) in [4.78, 5) is 44.6. The zero-order valence-corrected chi connectivity index (χ0v) is 30.9. The van der Waals surface area contributed by atoms with E-state index in [0.29, 0.717) is 28.3 Å². The number of amides is 1. The van der Waals surface area contributed by atoms with Crippen LogP contribution in [0.3, 0.4) is 0 Å². The smallest absolute Gasteiger partial charge is 0.335 e. The summed E-state index contributed by atoms with van der Waals surface area (Å²) in [6, 6.07) is 23.3. The van der Waals surface area contributed by atoms with Crippen LogP contribution in [0.2, 0.25) is 0 Å². The Morgan fingerprint density at radius 1 is 0.685 bits per heavy atom. The number of carbonyl (C=O) groups excluding carboxylic acids is 1. The lowest BCUT2D eigenvalue weighted by Crippen LogP contribution is -2.22. The first kappa shape index (κ1) is 38.7. The molecule has 0 aliphatic heterocycles. The third-order valence-electron chi connectivity index (χ3n) is 8.62. The normalized spacial score (nSPS) is 10.8. The molecule has 6 rings (SSSR count). The number of nitriles is 1. The van der Waals surface area contributed by atoms with E-state index in [1.165, 1.54) is 40.7 Å². The van der Waals surface area contributed by atoms with E-state index in [1.807, 2.05) is 21.5 Å². The predicted molar refractivity (Wildman–Crippen MR) is 206 cm³/mol. The highest BCUT2D eigenvalue weighted by Crippen LogP contribution is 2.17. The number of pyridine rings is 2. The number of nitrogens with zero attached hydrogens (tertiary/aromatic N) is 9. The van der Waals surface area contributed by atoms with Crippen LogP contribution in [0.4, 0.5) is 0 Å². The van der Waals surface area contributed by atoms with E-state index in [4.69, 9.17) is 10.4 Å². The van der Waals surface area contributed by atoms with E-state index >= 15 is 0 Å². The molecule has 0 atom stereocenters. The van der Waals surface area contributed by atoms with Gasteiger partial charge in [0.2, 0.25) is 0 Å². The number of carbonyl (C=O) groups is 2. The molecule has 0 saturated heterocycles. The molecule has 0 bridgehead atoms. The van der Waals surface area contributed by atoms with Crippen LogP contribution in [0.5, 0.6) is 0 Å². The van der Waals surface area contributed by atoms with Crippen LogP contribution < -0.4 is 5.32 Å². The maximum atomic E-state index is 11.8. The van der Waals surface area contributed by atoms with Gasteiger partial charge in [0, 0.05) is 69.6 Å². The van der Waals surface area contributed by atoms with E-state index in [-0.39, 0.29) is 5.56 Å². The Kier molecular flexibility index (Phi) is 13.5. The minimum absolute atomic E-state index is 0.211. The molecule has 0 fully saturated rings. The molecule has 13 nitrogen and oxygen atoms in total. The average molecular weight is 725 g/mol. The van der Waals surface area contributed by atoms with E-state index in [9.17, 15) is 9.59 Å². The number of nitrogens with one attached hydrogen (secondary N) is 1. The Hall–Kier alpha value is -6.49. The second kappa shape index (κ2) is 18.8. The second-order valence-electron chi connectivity index (χ2n) is 13.2. The average Bonchev–Trinajstić information content (AvgIpc) is 3.86.